The summed E-state index contributed by atoms with van der Waals surface area (Å²) in [5.74, 6) is -1.89. The van der Waals surface area contributed by atoms with E-state index in [1.54, 1.807) is 37.3 Å². The zero-order chi connectivity index (χ0) is 21.9. The van der Waals surface area contributed by atoms with Crippen molar-refractivity contribution in [1.29, 1.82) is 0 Å². The van der Waals surface area contributed by atoms with E-state index in [9.17, 15) is 22.8 Å². The molecule has 0 saturated carbocycles. The van der Waals surface area contributed by atoms with Crippen LogP contribution in [0.5, 0.6) is 0 Å². The molecule has 1 fully saturated rings. The van der Waals surface area contributed by atoms with Gasteiger partial charge in [-0.05, 0) is 30.7 Å². The minimum Gasteiger partial charge on any atom is -0.463 e. The quantitative estimate of drug-likeness (QED) is 0.382. The molecule has 0 atom stereocenters. The fraction of sp³-hybridized carbons (Fsp3) is 0.150. The van der Waals surface area contributed by atoms with Gasteiger partial charge in [0.05, 0.1) is 24.1 Å². The highest BCUT2D eigenvalue weighted by Crippen LogP contribution is 2.31. The molecular weight excluding hydrogens is 432 g/mol. The van der Waals surface area contributed by atoms with Crippen LogP contribution in [-0.4, -0.2) is 42.1 Å². The van der Waals surface area contributed by atoms with Crippen LogP contribution in [0, 0.1) is 0 Å². The van der Waals surface area contributed by atoms with Crippen molar-refractivity contribution in [3.63, 3.8) is 0 Å². The third kappa shape index (κ3) is 4.07. The molecule has 0 radical (unpaired) electrons. The van der Waals surface area contributed by atoms with Crippen molar-refractivity contribution in [2.75, 3.05) is 6.61 Å². The number of carbonyl (C=O) groups excluding carboxylic acids is 3. The Morgan fingerprint density at radius 3 is 2.33 bits per heavy atom. The Morgan fingerprint density at radius 2 is 1.70 bits per heavy atom. The van der Waals surface area contributed by atoms with E-state index in [1.165, 1.54) is 24.3 Å². The Labute approximate surface area is 178 Å². The van der Waals surface area contributed by atoms with Gasteiger partial charge >= 0.3 is 12.0 Å². The standard InChI is InChI=1S/C20H17ClN2O6S/c1-2-29-18(24)12-17-19(25)22(13-14-8-6-7-11-16(14)21)20(26)23(17)30(27,28)15-9-4-3-5-10-15/h3-12H,2,13H2,1H3/b17-12-. The molecule has 1 saturated heterocycles. The van der Waals surface area contributed by atoms with Crippen molar-refractivity contribution in [3.8, 4) is 0 Å². The van der Waals surface area contributed by atoms with Crippen LogP contribution in [0.2, 0.25) is 5.02 Å². The van der Waals surface area contributed by atoms with Gasteiger partial charge in [-0.2, -0.15) is 4.31 Å². The Morgan fingerprint density at radius 1 is 1.07 bits per heavy atom. The summed E-state index contributed by atoms with van der Waals surface area (Å²) >= 11 is 6.11. The monoisotopic (exact) mass is 448 g/mol. The lowest BCUT2D eigenvalue weighted by molar-refractivity contribution is -0.137. The molecule has 1 aliphatic heterocycles. The van der Waals surface area contributed by atoms with Gasteiger partial charge in [0.25, 0.3) is 15.9 Å². The minimum atomic E-state index is -4.45. The molecule has 1 heterocycles. The van der Waals surface area contributed by atoms with Gasteiger partial charge in [-0.25, -0.2) is 18.0 Å². The molecule has 8 nitrogen and oxygen atoms in total. The van der Waals surface area contributed by atoms with E-state index in [2.05, 4.69) is 0 Å². The molecule has 1 aliphatic rings. The molecule has 0 aliphatic carbocycles. The van der Waals surface area contributed by atoms with Crippen LogP contribution < -0.4 is 0 Å². The highest BCUT2D eigenvalue weighted by atomic mass is 35.5. The van der Waals surface area contributed by atoms with Crippen molar-refractivity contribution < 1.29 is 27.5 Å². The van der Waals surface area contributed by atoms with E-state index in [0.717, 1.165) is 0 Å². The van der Waals surface area contributed by atoms with Crippen LogP contribution in [0.15, 0.2) is 71.3 Å². The zero-order valence-electron chi connectivity index (χ0n) is 15.8. The highest BCUT2D eigenvalue weighted by Gasteiger charge is 2.48. The maximum atomic E-state index is 13.1. The normalized spacial score (nSPS) is 15.7. The van der Waals surface area contributed by atoms with E-state index in [-0.39, 0.29) is 18.0 Å². The number of carbonyl (C=O) groups is 3. The number of urea groups is 1. The number of amides is 3. The Bertz CT molecular complexity index is 1130. The molecule has 0 aromatic heterocycles. The van der Waals surface area contributed by atoms with Gasteiger partial charge in [-0.3, -0.25) is 9.69 Å². The summed E-state index contributed by atoms with van der Waals surface area (Å²) in [6, 6.07) is 12.5. The topological polar surface area (TPSA) is 101 Å². The smallest absolute Gasteiger partial charge is 0.346 e. The van der Waals surface area contributed by atoms with Crippen molar-refractivity contribution in [1.82, 2.24) is 9.21 Å². The number of imide groups is 1. The average molecular weight is 449 g/mol. The average Bonchev–Trinajstić information content (AvgIpc) is 2.95. The fourth-order valence-corrected chi connectivity index (χ4v) is 4.41. The van der Waals surface area contributed by atoms with Crippen molar-refractivity contribution >= 4 is 39.5 Å². The van der Waals surface area contributed by atoms with Crippen LogP contribution in [-0.2, 0) is 30.9 Å². The largest absolute Gasteiger partial charge is 0.463 e. The first-order valence-corrected chi connectivity index (χ1v) is 10.7. The first kappa shape index (κ1) is 21.5. The van der Waals surface area contributed by atoms with Crippen LogP contribution in [0.4, 0.5) is 4.79 Å². The first-order chi connectivity index (χ1) is 14.3. The van der Waals surface area contributed by atoms with Gasteiger partial charge in [0.1, 0.15) is 5.70 Å². The van der Waals surface area contributed by atoms with Gasteiger partial charge in [0.2, 0.25) is 0 Å². The summed E-state index contributed by atoms with van der Waals surface area (Å²) in [5.41, 5.74) is -0.176. The lowest BCUT2D eigenvalue weighted by Crippen LogP contribution is -2.36. The van der Waals surface area contributed by atoms with Gasteiger partial charge in [0, 0.05) is 5.02 Å². The number of nitrogens with zero attached hydrogens (tertiary/aromatic N) is 2. The molecule has 156 valence electrons. The Kier molecular flexibility index (Phi) is 6.23. The van der Waals surface area contributed by atoms with Crippen molar-refractivity contribution in [2.24, 2.45) is 0 Å². The maximum Gasteiger partial charge on any atom is 0.346 e. The number of hydrogen-bond acceptors (Lipinski definition) is 6. The molecule has 10 heteroatoms. The summed E-state index contributed by atoms with van der Waals surface area (Å²) in [6.07, 6.45) is 0.705. The summed E-state index contributed by atoms with van der Waals surface area (Å²) in [6.45, 7) is 1.30. The number of rotatable bonds is 6. The fourth-order valence-electron chi connectivity index (χ4n) is 2.81. The molecule has 0 N–H and O–H groups in total. The summed E-state index contributed by atoms with van der Waals surface area (Å²) in [7, 11) is -4.45. The number of esters is 1. The molecule has 2 aromatic carbocycles. The number of hydrogen-bond donors (Lipinski definition) is 0. The molecule has 3 rings (SSSR count). The second-order valence-corrected chi connectivity index (χ2v) is 8.32. The van der Waals surface area contributed by atoms with Gasteiger partial charge < -0.3 is 4.74 Å². The molecule has 30 heavy (non-hydrogen) atoms. The predicted octanol–water partition coefficient (Wildman–Crippen LogP) is 2.94. The molecule has 0 bridgehead atoms. The van der Waals surface area contributed by atoms with E-state index in [1.807, 2.05) is 0 Å². The lowest BCUT2D eigenvalue weighted by atomic mass is 10.2. The van der Waals surface area contributed by atoms with Gasteiger partial charge in [-0.15, -0.1) is 0 Å². The van der Waals surface area contributed by atoms with Crippen LogP contribution >= 0.6 is 11.6 Å². The Balaban J connectivity index is 2.08. The third-order valence-corrected chi connectivity index (χ3v) is 6.27. The first-order valence-electron chi connectivity index (χ1n) is 8.85. The van der Waals surface area contributed by atoms with Gasteiger partial charge in [0.15, 0.2) is 0 Å². The summed E-state index contributed by atoms with van der Waals surface area (Å²) in [5, 5.41) is 0.304. The van der Waals surface area contributed by atoms with Crippen LogP contribution in [0.25, 0.3) is 0 Å². The van der Waals surface area contributed by atoms with E-state index >= 15 is 0 Å². The SMILES string of the molecule is CCOC(=O)/C=C1/C(=O)N(Cc2ccccc2Cl)C(=O)N1S(=O)(=O)c1ccccc1. The van der Waals surface area contributed by atoms with Crippen LogP contribution in [0.1, 0.15) is 12.5 Å². The summed E-state index contributed by atoms with van der Waals surface area (Å²) < 4.78 is 31.3. The maximum absolute atomic E-state index is 13.1. The number of sulfonamides is 1. The Hall–Kier alpha value is -3.17. The highest BCUT2D eigenvalue weighted by molar-refractivity contribution is 7.89. The lowest BCUT2D eigenvalue weighted by Gasteiger charge is -2.17. The molecule has 0 unspecified atom stereocenters. The van der Waals surface area contributed by atoms with E-state index < -0.39 is 33.6 Å². The minimum absolute atomic E-state index is 0.0134. The molecular formula is C20H17ClN2O6S. The number of ether oxygens (including phenoxy) is 1. The van der Waals surface area contributed by atoms with Crippen LogP contribution in [0.3, 0.4) is 0 Å². The van der Waals surface area contributed by atoms with E-state index in [0.29, 0.717) is 25.9 Å². The van der Waals surface area contributed by atoms with Crippen molar-refractivity contribution in [3.05, 3.63) is 77.0 Å². The summed E-state index contributed by atoms with van der Waals surface area (Å²) in [4.78, 5) is 38.4. The number of halogens is 1. The second kappa shape index (κ2) is 8.68. The van der Waals surface area contributed by atoms with E-state index in [4.69, 9.17) is 16.3 Å². The molecule has 3 amide bonds. The van der Waals surface area contributed by atoms with Crippen molar-refractivity contribution in [2.45, 2.75) is 18.4 Å². The molecule has 2 aromatic rings. The van der Waals surface area contributed by atoms with Gasteiger partial charge in [-0.1, -0.05) is 48.0 Å². The second-order valence-electron chi connectivity index (χ2n) is 6.13. The predicted molar refractivity (Wildman–Crippen MR) is 108 cm³/mol. The zero-order valence-corrected chi connectivity index (χ0v) is 17.4. The third-order valence-electron chi connectivity index (χ3n) is 4.20. The number of benzene rings is 2. The molecule has 0 spiro atoms.